The lowest BCUT2D eigenvalue weighted by molar-refractivity contribution is 1.01. The van der Waals surface area contributed by atoms with Crippen molar-refractivity contribution in [3.8, 4) is 0 Å². The monoisotopic (exact) mass is 554 g/mol. The molecule has 9 rings (SSSR count). The van der Waals surface area contributed by atoms with Crippen molar-refractivity contribution in [3.63, 3.8) is 0 Å². The van der Waals surface area contributed by atoms with E-state index in [1.807, 2.05) is 0 Å². The van der Waals surface area contributed by atoms with E-state index in [0.717, 1.165) is 45.6 Å². The van der Waals surface area contributed by atoms with Gasteiger partial charge in [-0.1, -0.05) is 0 Å². The van der Waals surface area contributed by atoms with Crippen LogP contribution in [0.1, 0.15) is 34.9 Å². The molecule has 7 aliphatic heterocycles. The number of nitrogens with one attached hydrogen (secondary N) is 10. The first-order valence-corrected chi connectivity index (χ1v) is 13.6. The van der Waals surface area contributed by atoms with E-state index in [1.165, 1.54) is 48.5 Å². The largest absolute Gasteiger partial charge is 0.323 e. The third kappa shape index (κ3) is 2.55. The summed E-state index contributed by atoms with van der Waals surface area (Å²) in [5, 5.41) is 0. The zero-order valence-electron chi connectivity index (χ0n) is 17.3. The van der Waals surface area contributed by atoms with Crippen molar-refractivity contribution in [2.45, 2.75) is 0 Å². The Morgan fingerprint density at radius 3 is 1.44 bits per heavy atom. The van der Waals surface area contributed by atoms with Crippen LogP contribution in [-0.2, 0) is 0 Å². The van der Waals surface area contributed by atoms with E-state index in [-0.39, 0.29) is 0 Å². The maximum atomic E-state index is 4.84. The first-order chi connectivity index (χ1) is 17.8. The van der Waals surface area contributed by atoms with Gasteiger partial charge < -0.3 is 47.7 Å². The Hall–Kier alpha value is -3.88. The molecule has 0 aliphatic carbocycles. The topological polar surface area (TPSA) is 205 Å². The molecule has 7 aliphatic rings. The van der Waals surface area contributed by atoms with Crippen LogP contribution < -0.4 is 37.8 Å². The Morgan fingerprint density at radius 2 is 0.833 bits per heavy atom. The van der Waals surface area contributed by atoms with Crippen LogP contribution in [0.25, 0.3) is 45.5 Å². The predicted octanol–water partition coefficient (Wildman–Crippen LogP) is 0.763. The molecule has 20 heteroatoms. The van der Waals surface area contributed by atoms with Crippen LogP contribution in [0.2, 0.25) is 0 Å². The van der Waals surface area contributed by atoms with Crippen molar-refractivity contribution in [2.24, 2.45) is 0 Å². The summed E-state index contributed by atoms with van der Waals surface area (Å²) in [6.07, 6.45) is 0. The van der Waals surface area contributed by atoms with Crippen LogP contribution in [0.15, 0.2) is 0 Å². The molecule has 0 amide bonds. The van der Waals surface area contributed by atoms with E-state index >= 15 is 0 Å². The summed E-state index contributed by atoms with van der Waals surface area (Å²) < 4.78 is 25.9. The number of aromatic amines is 2. The van der Waals surface area contributed by atoms with Gasteiger partial charge in [0.1, 0.15) is 51.2 Å². The number of aromatic nitrogens is 8. The number of hydrogen-bond donors (Lipinski definition) is 10. The highest BCUT2D eigenvalue weighted by molar-refractivity contribution is 8.02. The Morgan fingerprint density at radius 1 is 0.389 bits per heavy atom. The second-order valence-corrected chi connectivity index (χ2v) is 10.3. The van der Waals surface area contributed by atoms with E-state index in [1.54, 1.807) is 0 Å². The first kappa shape index (κ1) is 19.3. The molecule has 0 aromatic carbocycles. The number of H-pyrrole nitrogens is 2. The van der Waals surface area contributed by atoms with E-state index in [9.17, 15) is 0 Å². The summed E-state index contributed by atoms with van der Waals surface area (Å²) in [4.78, 5) is 35.3. The zero-order chi connectivity index (χ0) is 23.4. The third-order valence-electron chi connectivity index (χ3n) is 5.84. The van der Waals surface area contributed by atoms with Crippen molar-refractivity contribution < 1.29 is 0 Å². The molecule has 10 N–H and O–H groups in total. The molecule has 0 unspecified atom stereocenters. The minimum atomic E-state index is 0.464. The van der Waals surface area contributed by atoms with Gasteiger partial charge >= 0.3 is 0 Å². The van der Waals surface area contributed by atoms with Crippen LogP contribution in [0, 0.1) is 0 Å². The van der Waals surface area contributed by atoms with Gasteiger partial charge in [0, 0.05) is 0 Å². The Balaban J connectivity index is 1.41. The van der Waals surface area contributed by atoms with E-state index in [0.29, 0.717) is 46.2 Å². The highest BCUT2D eigenvalue weighted by atomic mass is 32.2. The van der Waals surface area contributed by atoms with E-state index in [2.05, 4.69) is 47.7 Å². The maximum absolute atomic E-state index is 4.84. The summed E-state index contributed by atoms with van der Waals surface area (Å²) in [6.45, 7) is 0. The summed E-state index contributed by atoms with van der Waals surface area (Å²) in [7, 11) is 0. The highest BCUT2D eigenvalue weighted by Gasteiger charge is 2.34. The number of fused-ring (bicyclic) bond motifs is 17. The number of rotatable bonds is 0. The molecule has 0 spiro atoms. The Labute approximate surface area is 217 Å². The van der Waals surface area contributed by atoms with Crippen molar-refractivity contribution in [1.82, 2.24) is 68.2 Å². The van der Waals surface area contributed by atoms with Gasteiger partial charge in [-0.3, -0.25) is 0 Å². The minimum Gasteiger partial charge on any atom is -0.323 e. The van der Waals surface area contributed by atoms with Crippen LogP contribution >= 0.6 is 48.5 Å². The maximum Gasteiger partial charge on any atom is 0.183 e. The summed E-state index contributed by atoms with van der Waals surface area (Å²) in [5.74, 6) is 3.00. The number of anilines is 2. The molecule has 8 bridgehead atoms. The van der Waals surface area contributed by atoms with Crippen LogP contribution in [0.5, 0.6) is 0 Å². The van der Waals surface area contributed by atoms with Crippen molar-refractivity contribution >= 4 is 105 Å². The summed E-state index contributed by atoms with van der Waals surface area (Å²) >= 11 is 5.37. The molecule has 0 saturated carbocycles. The molecule has 0 radical (unpaired) electrons. The van der Waals surface area contributed by atoms with Crippen molar-refractivity contribution in [2.75, 3.05) is 9.44 Å². The van der Waals surface area contributed by atoms with Crippen LogP contribution in [0.4, 0.5) is 11.4 Å². The fourth-order valence-electron chi connectivity index (χ4n) is 4.20. The number of hydrogen-bond acceptors (Lipinski definition) is 18. The second kappa shape index (κ2) is 6.87. The fourth-order valence-corrected chi connectivity index (χ4v) is 6.79. The molecule has 9 heterocycles. The SMILES string of the molecule is n1c2nc(nc3nc([nH]c4[nH]c(nc5nc1C1=C5NSN1)c1c4NSN1)C1=C3NSN1)C1=C2NSN1. The van der Waals surface area contributed by atoms with Crippen molar-refractivity contribution in [3.05, 3.63) is 34.9 Å². The molecule has 2 aromatic heterocycles. The first-order valence-electron chi connectivity index (χ1n) is 10.3. The molecule has 178 valence electrons. The van der Waals surface area contributed by atoms with Crippen molar-refractivity contribution in [1.29, 1.82) is 0 Å². The van der Waals surface area contributed by atoms with E-state index in [4.69, 9.17) is 29.9 Å². The van der Waals surface area contributed by atoms with Gasteiger partial charge in [-0.2, -0.15) is 0 Å². The van der Waals surface area contributed by atoms with Crippen LogP contribution in [-0.4, -0.2) is 39.9 Å². The standard InChI is InChI=1S/C16H10N16S4/c17-9-1-2(26-33-25-1)10(17)22-12-5-6(30-35-29-5)14(19-12)24-16-8-7(31-36-32-8)15(20-16)23-13-4-3(27-34-28-4)11(18-13)21-9/h25-32H,(H2,17,18,19,20,21,22,23,24). The molecule has 0 atom stereocenters. The zero-order valence-corrected chi connectivity index (χ0v) is 20.6. The minimum absolute atomic E-state index is 0.464. The Kier molecular flexibility index (Phi) is 3.69. The average molecular weight is 555 g/mol. The van der Waals surface area contributed by atoms with Gasteiger partial charge in [0.15, 0.2) is 40.6 Å². The molecule has 2 aromatic rings. The lowest BCUT2D eigenvalue weighted by Crippen LogP contribution is -2.06. The average Bonchev–Trinajstić information content (AvgIpc) is 3.67. The molecule has 0 saturated heterocycles. The van der Waals surface area contributed by atoms with Gasteiger partial charge in [0.25, 0.3) is 0 Å². The lowest BCUT2D eigenvalue weighted by atomic mass is 10.3. The molecular formula is C16H10N16S4. The molecule has 16 nitrogen and oxygen atoms in total. The normalized spacial score (nSPS) is 19.0. The third-order valence-corrected chi connectivity index (χ3v) is 8.29. The highest BCUT2D eigenvalue weighted by Crippen LogP contribution is 2.41. The predicted molar refractivity (Wildman–Crippen MR) is 140 cm³/mol. The second-order valence-electron chi connectivity index (χ2n) is 7.84. The Bertz CT molecular complexity index is 1600. The lowest BCUT2D eigenvalue weighted by Gasteiger charge is -1.99. The van der Waals surface area contributed by atoms with E-state index < -0.39 is 0 Å². The summed E-state index contributed by atoms with van der Waals surface area (Å²) in [5.41, 5.74) is 7.46. The van der Waals surface area contributed by atoms with Gasteiger partial charge in [0.2, 0.25) is 0 Å². The quantitative estimate of drug-likeness (QED) is 0.204. The molecular weight excluding hydrogens is 545 g/mol. The molecule has 0 fully saturated rings. The number of nitrogens with zero attached hydrogens (tertiary/aromatic N) is 6. The van der Waals surface area contributed by atoms with Crippen LogP contribution in [0.3, 0.4) is 0 Å². The van der Waals surface area contributed by atoms with Gasteiger partial charge in [-0.25, -0.2) is 29.9 Å². The van der Waals surface area contributed by atoms with Gasteiger partial charge in [-0.05, 0) is 0 Å². The smallest absolute Gasteiger partial charge is 0.183 e. The van der Waals surface area contributed by atoms with Gasteiger partial charge in [-0.15, -0.1) is 0 Å². The fraction of sp³-hybridized carbons (Fsp3) is 0. The summed E-state index contributed by atoms with van der Waals surface area (Å²) in [6, 6.07) is 0. The molecule has 36 heavy (non-hydrogen) atoms. The van der Waals surface area contributed by atoms with Gasteiger partial charge in [0.05, 0.1) is 48.5 Å².